The second kappa shape index (κ2) is 6.24. The van der Waals surface area contributed by atoms with E-state index in [0.717, 1.165) is 21.9 Å². The first kappa shape index (κ1) is 14.0. The van der Waals surface area contributed by atoms with E-state index >= 15 is 0 Å². The zero-order chi connectivity index (χ0) is 14.7. The maximum absolute atomic E-state index is 5.93. The lowest BCUT2D eigenvalue weighted by atomic mass is 10.1. The summed E-state index contributed by atoms with van der Waals surface area (Å²) in [7, 11) is 0. The summed E-state index contributed by atoms with van der Waals surface area (Å²) >= 11 is 7.49. The fourth-order valence-corrected chi connectivity index (χ4v) is 2.93. The summed E-state index contributed by atoms with van der Waals surface area (Å²) in [6.45, 7) is 0. The highest BCUT2D eigenvalue weighted by molar-refractivity contribution is 7.98. The van der Waals surface area contributed by atoms with Crippen LogP contribution in [0.5, 0.6) is 0 Å². The molecule has 0 bridgehead atoms. The predicted octanol–water partition coefficient (Wildman–Crippen LogP) is 4.87. The molecule has 2 aromatic carbocycles. The van der Waals surface area contributed by atoms with Crippen LogP contribution in [0.2, 0.25) is 5.02 Å². The molecular weight excluding hydrogens is 304 g/mol. The molecule has 106 valence electrons. The Labute approximate surface area is 132 Å². The SMILES string of the molecule is Nc1cc(Cl)ccc1SCc1cc(-c2ccccc2)no1. The van der Waals surface area contributed by atoms with Gasteiger partial charge in [-0.1, -0.05) is 47.1 Å². The molecule has 0 atom stereocenters. The highest BCUT2D eigenvalue weighted by Crippen LogP contribution is 2.31. The molecule has 0 spiro atoms. The molecule has 1 heterocycles. The van der Waals surface area contributed by atoms with E-state index in [9.17, 15) is 0 Å². The summed E-state index contributed by atoms with van der Waals surface area (Å²) < 4.78 is 5.37. The fraction of sp³-hybridized carbons (Fsp3) is 0.0625. The van der Waals surface area contributed by atoms with Gasteiger partial charge in [-0.15, -0.1) is 11.8 Å². The molecule has 0 saturated heterocycles. The van der Waals surface area contributed by atoms with Crippen LogP contribution in [0.4, 0.5) is 5.69 Å². The minimum atomic E-state index is 0.642. The van der Waals surface area contributed by atoms with Crippen LogP contribution in [0.25, 0.3) is 11.3 Å². The molecule has 0 fully saturated rings. The number of anilines is 1. The van der Waals surface area contributed by atoms with Gasteiger partial charge in [-0.05, 0) is 18.2 Å². The highest BCUT2D eigenvalue weighted by Gasteiger charge is 2.08. The minimum absolute atomic E-state index is 0.642. The monoisotopic (exact) mass is 316 g/mol. The number of nitrogens with zero attached hydrogens (tertiary/aromatic N) is 1. The number of hydrogen-bond acceptors (Lipinski definition) is 4. The molecule has 0 saturated carbocycles. The van der Waals surface area contributed by atoms with Crippen LogP contribution in [0, 0.1) is 0 Å². The van der Waals surface area contributed by atoms with E-state index < -0.39 is 0 Å². The third-order valence-corrected chi connectivity index (χ3v) is 4.32. The number of nitrogen functional groups attached to an aromatic ring is 1. The van der Waals surface area contributed by atoms with Gasteiger partial charge >= 0.3 is 0 Å². The van der Waals surface area contributed by atoms with Crippen molar-refractivity contribution >= 4 is 29.1 Å². The van der Waals surface area contributed by atoms with Gasteiger partial charge in [0.05, 0.1) is 5.75 Å². The summed E-state index contributed by atoms with van der Waals surface area (Å²) in [4.78, 5) is 0.983. The van der Waals surface area contributed by atoms with Crippen molar-refractivity contribution in [3.8, 4) is 11.3 Å². The number of halogens is 1. The molecule has 2 N–H and O–H groups in total. The van der Waals surface area contributed by atoms with Crippen LogP contribution < -0.4 is 5.73 Å². The first-order chi connectivity index (χ1) is 10.2. The minimum Gasteiger partial charge on any atom is -0.398 e. The number of aromatic nitrogens is 1. The lowest BCUT2D eigenvalue weighted by molar-refractivity contribution is 0.397. The lowest BCUT2D eigenvalue weighted by Gasteiger charge is -2.03. The van der Waals surface area contributed by atoms with Crippen molar-refractivity contribution in [3.05, 3.63) is 65.4 Å². The van der Waals surface area contributed by atoms with Gasteiger partial charge in [0.25, 0.3) is 0 Å². The van der Waals surface area contributed by atoms with E-state index in [4.69, 9.17) is 21.9 Å². The second-order valence-electron chi connectivity index (χ2n) is 4.52. The van der Waals surface area contributed by atoms with Crippen molar-refractivity contribution in [3.63, 3.8) is 0 Å². The van der Waals surface area contributed by atoms with E-state index in [1.165, 1.54) is 0 Å². The summed E-state index contributed by atoms with van der Waals surface area (Å²) in [5, 5.41) is 4.74. The van der Waals surface area contributed by atoms with Gasteiger partial charge < -0.3 is 10.3 Å². The van der Waals surface area contributed by atoms with E-state index in [1.54, 1.807) is 17.8 Å². The van der Waals surface area contributed by atoms with Crippen molar-refractivity contribution in [1.29, 1.82) is 0 Å². The second-order valence-corrected chi connectivity index (χ2v) is 5.97. The molecule has 0 aliphatic carbocycles. The maximum Gasteiger partial charge on any atom is 0.147 e. The van der Waals surface area contributed by atoms with Crippen molar-refractivity contribution in [2.75, 3.05) is 5.73 Å². The van der Waals surface area contributed by atoms with Gasteiger partial charge in [0.15, 0.2) is 0 Å². The number of rotatable bonds is 4. The molecule has 0 radical (unpaired) electrons. The maximum atomic E-state index is 5.93. The van der Waals surface area contributed by atoms with Gasteiger partial charge in [-0.2, -0.15) is 0 Å². The van der Waals surface area contributed by atoms with Crippen LogP contribution in [-0.2, 0) is 5.75 Å². The Balaban J connectivity index is 1.70. The normalized spacial score (nSPS) is 10.7. The standard InChI is InChI=1S/C16H13ClN2OS/c17-12-6-7-16(14(18)8-12)21-10-13-9-15(19-20-13)11-4-2-1-3-5-11/h1-9H,10,18H2. The summed E-state index contributed by atoms with van der Waals surface area (Å²) in [6, 6.07) is 17.4. The zero-order valence-corrected chi connectivity index (χ0v) is 12.7. The molecule has 0 unspecified atom stereocenters. The van der Waals surface area contributed by atoms with Crippen molar-refractivity contribution in [1.82, 2.24) is 5.16 Å². The van der Waals surface area contributed by atoms with Crippen LogP contribution in [-0.4, -0.2) is 5.16 Å². The molecule has 0 amide bonds. The van der Waals surface area contributed by atoms with Gasteiger partial charge in [0.1, 0.15) is 11.5 Å². The molecule has 0 aliphatic rings. The molecule has 3 aromatic rings. The topological polar surface area (TPSA) is 52.0 Å². The third-order valence-electron chi connectivity index (χ3n) is 2.97. The smallest absolute Gasteiger partial charge is 0.147 e. The van der Waals surface area contributed by atoms with E-state index in [2.05, 4.69) is 5.16 Å². The summed E-state index contributed by atoms with van der Waals surface area (Å²) in [6.07, 6.45) is 0. The first-order valence-electron chi connectivity index (χ1n) is 6.41. The van der Waals surface area contributed by atoms with Gasteiger partial charge in [0, 0.05) is 27.2 Å². The Morgan fingerprint density at radius 1 is 1.10 bits per heavy atom. The zero-order valence-electron chi connectivity index (χ0n) is 11.1. The lowest BCUT2D eigenvalue weighted by Crippen LogP contribution is -1.88. The Kier molecular flexibility index (Phi) is 4.18. The fourth-order valence-electron chi connectivity index (χ4n) is 1.93. The Morgan fingerprint density at radius 2 is 1.90 bits per heavy atom. The van der Waals surface area contributed by atoms with Gasteiger partial charge in [-0.25, -0.2) is 0 Å². The summed E-state index contributed by atoms with van der Waals surface area (Å²) in [5.41, 5.74) is 8.49. The molecule has 1 aromatic heterocycles. The van der Waals surface area contributed by atoms with Crippen molar-refractivity contribution < 1.29 is 4.52 Å². The summed E-state index contributed by atoms with van der Waals surface area (Å²) in [5.74, 6) is 1.49. The van der Waals surface area contributed by atoms with Crippen molar-refractivity contribution in [2.45, 2.75) is 10.6 Å². The predicted molar refractivity (Wildman–Crippen MR) is 87.4 cm³/mol. The number of thioether (sulfide) groups is 1. The van der Waals surface area contributed by atoms with Crippen molar-refractivity contribution in [2.24, 2.45) is 0 Å². The molecule has 3 rings (SSSR count). The van der Waals surface area contributed by atoms with Crippen LogP contribution in [0.15, 0.2) is 64.0 Å². The number of hydrogen-bond donors (Lipinski definition) is 1. The van der Waals surface area contributed by atoms with Gasteiger partial charge in [-0.3, -0.25) is 0 Å². The average Bonchev–Trinajstić information content (AvgIpc) is 2.96. The first-order valence-corrected chi connectivity index (χ1v) is 7.77. The van der Waals surface area contributed by atoms with Crippen LogP contribution >= 0.6 is 23.4 Å². The molecule has 5 heteroatoms. The molecular formula is C16H13ClN2OS. The van der Waals surface area contributed by atoms with Crippen LogP contribution in [0.3, 0.4) is 0 Å². The molecule has 3 nitrogen and oxygen atoms in total. The highest BCUT2D eigenvalue weighted by atomic mass is 35.5. The Morgan fingerprint density at radius 3 is 2.67 bits per heavy atom. The average molecular weight is 317 g/mol. The van der Waals surface area contributed by atoms with E-state index in [1.807, 2.05) is 48.5 Å². The largest absolute Gasteiger partial charge is 0.398 e. The third kappa shape index (κ3) is 3.40. The van der Waals surface area contributed by atoms with Crippen LogP contribution in [0.1, 0.15) is 5.76 Å². The van der Waals surface area contributed by atoms with E-state index in [0.29, 0.717) is 16.5 Å². The number of nitrogens with two attached hydrogens (primary N) is 1. The Bertz CT molecular complexity index is 743. The van der Waals surface area contributed by atoms with Gasteiger partial charge in [0.2, 0.25) is 0 Å². The molecule has 0 aliphatic heterocycles. The number of benzene rings is 2. The Hall–Kier alpha value is -1.91. The quantitative estimate of drug-likeness (QED) is 0.551. The van der Waals surface area contributed by atoms with E-state index in [-0.39, 0.29) is 0 Å². The molecule has 21 heavy (non-hydrogen) atoms.